The fourth-order valence-corrected chi connectivity index (χ4v) is 1.94. The van der Waals surface area contributed by atoms with Crippen LogP contribution in [0.4, 0.5) is 0 Å². The predicted octanol–water partition coefficient (Wildman–Crippen LogP) is 1.10. The molecule has 17 heavy (non-hydrogen) atoms. The van der Waals surface area contributed by atoms with Gasteiger partial charge in [0.25, 0.3) is 0 Å². The topological polar surface area (TPSA) is 58.4 Å². The SMILES string of the molecule is CCCCCN(C)C(CN)CC(=O)NC1CC1. The summed E-state index contributed by atoms with van der Waals surface area (Å²) in [7, 11) is 2.07. The molecule has 100 valence electrons. The number of rotatable bonds is 9. The van der Waals surface area contributed by atoms with Gasteiger partial charge in [0.2, 0.25) is 5.91 Å². The van der Waals surface area contributed by atoms with Crippen molar-refractivity contribution in [2.75, 3.05) is 20.1 Å². The maximum Gasteiger partial charge on any atom is 0.221 e. The van der Waals surface area contributed by atoms with Crippen molar-refractivity contribution in [2.45, 2.75) is 57.5 Å². The van der Waals surface area contributed by atoms with E-state index in [0.717, 1.165) is 19.4 Å². The second-order valence-electron chi connectivity index (χ2n) is 5.12. The molecule has 0 aromatic rings. The summed E-state index contributed by atoms with van der Waals surface area (Å²) in [5.74, 6) is 0.158. The smallest absolute Gasteiger partial charge is 0.221 e. The molecule has 1 rings (SSSR count). The first-order valence-corrected chi connectivity index (χ1v) is 6.87. The van der Waals surface area contributed by atoms with Crippen molar-refractivity contribution in [1.82, 2.24) is 10.2 Å². The normalized spacial score (nSPS) is 17.2. The summed E-state index contributed by atoms with van der Waals surface area (Å²) in [6.07, 6.45) is 6.49. The van der Waals surface area contributed by atoms with Gasteiger partial charge in [-0.2, -0.15) is 0 Å². The van der Waals surface area contributed by atoms with E-state index in [2.05, 4.69) is 24.2 Å². The van der Waals surface area contributed by atoms with Gasteiger partial charge in [-0.05, 0) is 32.9 Å². The van der Waals surface area contributed by atoms with E-state index < -0.39 is 0 Å². The van der Waals surface area contributed by atoms with Crippen LogP contribution in [-0.4, -0.2) is 43.0 Å². The van der Waals surface area contributed by atoms with E-state index in [0.29, 0.717) is 19.0 Å². The molecule has 1 aliphatic carbocycles. The lowest BCUT2D eigenvalue weighted by Gasteiger charge is -2.26. The molecule has 0 aromatic carbocycles. The van der Waals surface area contributed by atoms with Crippen molar-refractivity contribution in [3.05, 3.63) is 0 Å². The van der Waals surface area contributed by atoms with E-state index in [-0.39, 0.29) is 11.9 Å². The highest BCUT2D eigenvalue weighted by molar-refractivity contribution is 5.77. The minimum Gasteiger partial charge on any atom is -0.353 e. The molecule has 0 bridgehead atoms. The van der Waals surface area contributed by atoms with Gasteiger partial charge >= 0.3 is 0 Å². The lowest BCUT2D eigenvalue weighted by atomic mass is 10.1. The van der Waals surface area contributed by atoms with Gasteiger partial charge in [-0.1, -0.05) is 19.8 Å². The quantitative estimate of drug-likeness (QED) is 0.594. The highest BCUT2D eigenvalue weighted by atomic mass is 16.1. The molecule has 1 saturated carbocycles. The number of unbranched alkanes of at least 4 members (excludes halogenated alkanes) is 2. The van der Waals surface area contributed by atoms with E-state index in [9.17, 15) is 4.79 Å². The number of hydrogen-bond donors (Lipinski definition) is 2. The Kier molecular flexibility index (Phi) is 6.52. The van der Waals surface area contributed by atoms with Crippen LogP contribution >= 0.6 is 0 Å². The summed E-state index contributed by atoms with van der Waals surface area (Å²) < 4.78 is 0. The van der Waals surface area contributed by atoms with Gasteiger partial charge in [-0.15, -0.1) is 0 Å². The van der Waals surface area contributed by atoms with Crippen LogP contribution in [0.2, 0.25) is 0 Å². The number of nitrogens with zero attached hydrogens (tertiary/aromatic N) is 1. The van der Waals surface area contributed by atoms with Crippen molar-refractivity contribution in [2.24, 2.45) is 5.73 Å². The van der Waals surface area contributed by atoms with Gasteiger partial charge in [-0.25, -0.2) is 0 Å². The molecule has 4 nitrogen and oxygen atoms in total. The summed E-state index contributed by atoms with van der Waals surface area (Å²) in [6.45, 7) is 3.79. The minimum atomic E-state index is 0.158. The average molecular weight is 241 g/mol. The predicted molar refractivity (Wildman–Crippen MR) is 70.8 cm³/mol. The van der Waals surface area contributed by atoms with Crippen molar-refractivity contribution in [3.63, 3.8) is 0 Å². The molecule has 0 heterocycles. The van der Waals surface area contributed by atoms with Gasteiger partial charge in [0.05, 0.1) is 0 Å². The summed E-state index contributed by atoms with van der Waals surface area (Å²) in [6, 6.07) is 0.636. The van der Waals surface area contributed by atoms with Gasteiger partial charge in [-0.3, -0.25) is 4.79 Å². The zero-order valence-electron chi connectivity index (χ0n) is 11.2. The fourth-order valence-electron chi connectivity index (χ4n) is 1.94. The highest BCUT2D eigenvalue weighted by Gasteiger charge is 2.25. The van der Waals surface area contributed by atoms with Crippen LogP contribution in [-0.2, 0) is 4.79 Å². The van der Waals surface area contributed by atoms with E-state index in [1.165, 1.54) is 19.3 Å². The number of nitrogens with two attached hydrogens (primary N) is 1. The zero-order valence-corrected chi connectivity index (χ0v) is 11.2. The molecule has 0 aromatic heterocycles. The third-order valence-corrected chi connectivity index (χ3v) is 3.37. The summed E-state index contributed by atoms with van der Waals surface area (Å²) >= 11 is 0. The van der Waals surface area contributed by atoms with Crippen LogP contribution in [0, 0.1) is 0 Å². The molecular formula is C13H27N3O. The summed E-state index contributed by atoms with van der Waals surface area (Å²) in [5, 5.41) is 3.02. The van der Waals surface area contributed by atoms with Crippen molar-refractivity contribution >= 4 is 5.91 Å². The Bertz CT molecular complexity index is 229. The number of carbonyl (C=O) groups is 1. The van der Waals surface area contributed by atoms with Crippen LogP contribution in [0.25, 0.3) is 0 Å². The molecule has 3 N–H and O–H groups in total. The van der Waals surface area contributed by atoms with Crippen LogP contribution in [0.5, 0.6) is 0 Å². The van der Waals surface area contributed by atoms with Crippen LogP contribution in [0.3, 0.4) is 0 Å². The Morgan fingerprint density at radius 2 is 2.18 bits per heavy atom. The first-order valence-electron chi connectivity index (χ1n) is 6.87. The summed E-state index contributed by atoms with van der Waals surface area (Å²) in [5.41, 5.74) is 5.75. The lowest BCUT2D eigenvalue weighted by molar-refractivity contribution is -0.122. The molecule has 0 aliphatic heterocycles. The average Bonchev–Trinajstić information content (AvgIpc) is 3.09. The van der Waals surface area contributed by atoms with Gasteiger partial charge < -0.3 is 16.0 Å². The van der Waals surface area contributed by atoms with E-state index >= 15 is 0 Å². The molecular weight excluding hydrogens is 214 g/mol. The van der Waals surface area contributed by atoms with Crippen LogP contribution < -0.4 is 11.1 Å². The first kappa shape index (κ1) is 14.5. The molecule has 1 fully saturated rings. The Morgan fingerprint density at radius 3 is 2.71 bits per heavy atom. The van der Waals surface area contributed by atoms with E-state index in [4.69, 9.17) is 5.73 Å². The minimum absolute atomic E-state index is 0.158. The van der Waals surface area contributed by atoms with E-state index in [1.807, 2.05) is 0 Å². The monoisotopic (exact) mass is 241 g/mol. The standard InChI is InChI=1S/C13H27N3O/c1-3-4-5-8-16(2)12(10-14)9-13(17)15-11-6-7-11/h11-12H,3-10,14H2,1-2H3,(H,15,17). The van der Waals surface area contributed by atoms with E-state index in [1.54, 1.807) is 0 Å². The maximum absolute atomic E-state index is 11.7. The fraction of sp³-hybridized carbons (Fsp3) is 0.923. The largest absolute Gasteiger partial charge is 0.353 e. The second-order valence-corrected chi connectivity index (χ2v) is 5.12. The molecule has 1 atom stereocenters. The Labute approximate surface area is 105 Å². The summed E-state index contributed by atoms with van der Waals surface area (Å²) in [4.78, 5) is 13.9. The number of amides is 1. The molecule has 4 heteroatoms. The number of likely N-dealkylation sites (N-methyl/N-ethyl adjacent to an activating group) is 1. The highest BCUT2D eigenvalue weighted by Crippen LogP contribution is 2.19. The van der Waals surface area contributed by atoms with Crippen LogP contribution in [0.1, 0.15) is 45.4 Å². The molecule has 1 unspecified atom stereocenters. The van der Waals surface area contributed by atoms with Gasteiger partial charge in [0.1, 0.15) is 0 Å². The Balaban J connectivity index is 2.22. The molecule has 0 radical (unpaired) electrons. The lowest BCUT2D eigenvalue weighted by Crippen LogP contribution is -2.42. The van der Waals surface area contributed by atoms with Crippen molar-refractivity contribution < 1.29 is 4.79 Å². The number of carbonyl (C=O) groups excluding carboxylic acids is 1. The van der Waals surface area contributed by atoms with Crippen molar-refractivity contribution in [1.29, 1.82) is 0 Å². The molecule has 1 aliphatic rings. The third kappa shape index (κ3) is 6.03. The second kappa shape index (κ2) is 7.67. The molecule has 0 spiro atoms. The van der Waals surface area contributed by atoms with Crippen molar-refractivity contribution in [3.8, 4) is 0 Å². The Morgan fingerprint density at radius 1 is 1.47 bits per heavy atom. The third-order valence-electron chi connectivity index (χ3n) is 3.37. The number of nitrogens with one attached hydrogen (secondary N) is 1. The maximum atomic E-state index is 11.7. The zero-order chi connectivity index (χ0) is 12.7. The first-order chi connectivity index (χ1) is 8.17. The number of hydrogen-bond acceptors (Lipinski definition) is 3. The Hall–Kier alpha value is -0.610. The van der Waals surface area contributed by atoms with Gasteiger partial charge in [0.15, 0.2) is 0 Å². The van der Waals surface area contributed by atoms with Crippen LogP contribution in [0.15, 0.2) is 0 Å². The van der Waals surface area contributed by atoms with Gasteiger partial charge in [0, 0.05) is 25.0 Å². The molecule has 1 amide bonds. The molecule has 0 saturated heterocycles.